The molecule has 0 saturated carbocycles. The van der Waals surface area contributed by atoms with Crippen LogP contribution in [0.5, 0.6) is 0 Å². The number of halogens is 1. The summed E-state index contributed by atoms with van der Waals surface area (Å²) >= 11 is 3.33. The molecule has 3 N–H and O–H groups in total. The Kier molecular flexibility index (Phi) is 5.37. The lowest BCUT2D eigenvalue weighted by Crippen LogP contribution is -2.15. The summed E-state index contributed by atoms with van der Waals surface area (Å²) in [6, 6.07) is 3.57. The van der Waals surface area contributed by atoms with Gasteiger partial charge in [-0.3, -0.25) is 4.79 Å². The minimum Gasteiger partial charge on any atom is -0.397 e. The summed E-state index contributed by atoms with van der Waals surface area (Å²) in [4.78, 5) is 11.7. The first-order chi connectivity index (χ1) is 8.69. The zero-order valence-electron chi connectivity index (χ0n) is 10.9. The molecular weight excluding hydrogens is 332 g/mol. The summed E-state index contributed by atoms with van der Waals surface area (Å²) in [5.74, 6) is -0.235. The topological polar surface area (TPSA) is 89.3 Å². The smallest absolute Gasteiger partial charge is 0.224 e. The predicted molar refractivity (Wildman–Crippen MR) is 80.9 cm³/mol. The van der Waals surface area contributed by atoms with Gasteiger partial charge in [-0.05, 0) is 31.0 Å². The Morgan fingerprint density at radius 3 is 2.63 bits per heavy atom. The van der Waals surface area contributed by atoms with E-state index in [0.29, 0.717) is 17.8 Å². The molecule has 0 aliphatic heterocycles. The number of carbonyl (C=O) groups excluding carboxylic acids is 1. The Morgan fingerprint density at radius 2 is 2.05 bits per heavy atom. The summed E-state index contributed by atoms with van der Waals surface area (Å²) in [5, 5.41) is 2.69. The number of carbonyl (C=O) groups is 1. The van der Waals surface area contributed by atoms with Crippen molar-refractivity contribution in [3.05, 3.63) is 22.2 Å². The van der Waals surface area contributed by atoms with E-state index in [1.54, 1.807) is 6.07 Å². The SMILES string of the molecule is Cc1cc(Br)cc(NC(=O)CCCS(C)(=O)=O)c1N. The standard InChI is InChI=1S/C12H17BrN2O3S/c1-8-6-9(13)7-10(12(8)14)15-11(16)4-3-5-19(2,17)18/h6-7H,3-5,14H2,1-2H3,(H,15,16). The maximum Gasteiger partial charge on any atom is 0.224 e. The summed E-state index contributed by atoms with van der Waals surface area (Å²) in [6.45, 7) is 1.85. The molecule has 0 fully saturated rings. The Bertz CT molecular complexity index is 585. The minimum atomic E-state index is -3.03. The third-order valence-electron chi connectivity index (χ3n) is 2.54. The van der Waals surface area contributed by atoms with Gasteiger partial charge >= 0.3 is 0 Å². The van der Waals surface area contributed by atoms with Crippen LogP contribution in [0.15, 0.2) is 16.6 Å². The van der Waals surface area contributed by atoms with Gasteiger partial charge in [-0.2, -0.15) is 0 Å². The van der Waals surface area contributed by atoms with Crippen molar-refractivity contribution in [1.29, 1.82) is 0 Å². The van der Waals surface area contributed by atoms with Gasteiger partial charge in [0.05, 0.1) is 17.1 Å². The Morgan fingerprint density at radius 1 is 1.42 bits per heavy atom. The molecule has 0 radical (unpaired) electrons. The molecule has 0 saturated heterocycles. The third kappa shape index (κ3) is 5.61. The van der Waals surface area contributed by atoms with Crippen molar-refractivity contribution >= 4 is 43.0 Å². The molecule has 1 amide bonds. The van der Waals surface area contributed by atoms with E-state index in [-0.39, 0.29) is 18.1 Å². The zero-order valence-corrected chi connectivity index (χ0v) is 13.3. The molecule has 1 aromatic carbocycles. The Balaban J connectivity index is 2.63. The number of nitrogen functional groups attached to an aromatic ring is 1. The molecule has 0 bridgehead atoms. The van der Waals surface area contributed by atoms with Crippen LogP contribution in [-0.4, -0.2) is 26.3 Å². The zero-order chi connectivity index (χ0) is 14.6. The number of anilines is 2. The van der Waals surface area contributed by atoms with Crippen LogP contribution in [0.25, 0.3) is 0 Å². The van der Waals surface area contributed by atoms with Crippen molar-refractivity contribution in [2.45, 2.75) is 19.8 Å². The number of rotatable bonds is 5. The summed E-state index contributed by atoms with van der Waals surface area (Å²) in [6.07, 6.45) is 1.61. The molecule has 0 aliphatic rings. The van der Waals surface area contributed by atoms with Gasteiger partial charge in [0.25, 0.3) is 0 Å². The molecule has 0 atom stereocenters. The lowest BCUT2D eigenvalue weighted by molar-refractivity contribution is -0.116. The average molecular weight is 349 g/mol. The lowest BCUT2D eigenvalue weighted by Gasteiger charge is -2.11. The summed E-state index contributed by atoms with van der Waals surface area (Å²) in [5.41, 5.74) is 7.78. The highest BCUT2D eigenvalue weighted by atomic mass is 79.9. The van der Waals surface area contributed by atoms with E-state index in [1.807, 2.05) is 13.0 Å². The number of nitrogens with one attached hydrogen (secondary N) is 1. The Hall–Kier alpha value is -1.08. The van der Waals surface area contributed by atoms with E-state index in [2.05, 4.69) is 21.2 Å². The van der Waals surface area contributed by atoms with E-state index in [0.717, 1.165) is 16.3 Å². The highest BCUT2D eigenvalue weighted by Crippen LogP contribution is 2.27. The second-order valence-corrected chi connectivity index (χ2v) is 7.64. The van der Waals surface area contributed by atoms with Crippen LogP contribution in [0.2, 0.25) is 0 Å². The molecule has 0 aliphatic carbocycles. The Labute approximate surface area is 121 Å². The van der Waals surface area contributed by atoms with Gasteiger partial charge in [-0.1, -0.05) is 15.9 Å². The normalized spacial score (nSPS) is 11.3. The molecule has 1 aromatic rings. The third-order valence-corrected chi connectivity index (χ3v) is 4.03. The number of benzene rings is 1. The quantitative estimate of drug-likeness (QED) is 0.797. The molecule has 0 heterocycles. The van der Waals surface area contributed by atoms with Crippen LogP contribution in [-0.2, 0) is 14.6 Å². The van der Waals surface area contributed by atoms with Gasteiger partial charge in [-0.25, -0.2) is 8.42 Å². The van der Waals surface area contributed by atoms with Gasteiger partial charge < -0.3 is 11.1 Å². The molecule has 0 spiro atoms. The van der Waals surface area contributed by atoms with E-state index < -0.39 is 9.84 Å². The van der Waals surface area contributed by atoms with Crippen molar-refractivity contribution in [1.82, 2.24) is 0 Å². The van der Waals surface area contributed by atoms with Gasteiger partial charge in [-0.15, -0.1) is 0 Å². The molecule has 5 nitrogen and oxygen atoms in total. The number of amides is 1. The molecule has 7 heteroatoms. The number of hydrogen-bond acceptors (Lipinski definition) is 4. The maximum atomic E-state index is 11.7. The minimum absolute atomic E-state index is 0.00736. The van der Waals surface area contributed by atoms with E-state index in [4.69, 9.17) is 5.73 Å². The van der Waals surface area contributed by atoms with Crippen molar-refractivity contribution in [3.8, 4) is 0 Å². The summed E-state index contributed by atoms with van der Waals surface area (Å²) < 4.78 is 22.7. The van der Waals surface area contributed by atoms with Crippen LogP contribution in [0, 0.1) is 6.92 Å². The maximum absolute atomic E-state index is 11.7. The van der Waals surface area contributed by atoms with Crippen LogP contribution >= 0.6 is 15.9 Å². The van der Waals surface area contributed by atoms with Crippen LogP contribution < -0.4 is 11.1 Å². The van der Waals surface area contributed by atoms with Crippen molar-refractivity contribution < 1.29 is 13.2 Å². The number of hydrogen-bond donors (Lipinski definition) is 2. The molecule has 0 aromatic heterocycles. The number of aryl methyl sites for hydroxylation is 1. The highest BCUT2D eigenvalue weighted by Gasteiger charge is 2.09. The first-order valence-electron chi connectivity index (χ1n) is 5.72. The second-order valence-electron chi connectivity index (χ2n) is 4.47. The van der Waals surface area contributed by atoms with Crippen molar-refractivity contribution in [3.63, 3.8) is 0 Å². The summed E-state index contributed by atoms with van der Waals surface area (Å²) in [7, 11) is -3.03. The first-order valence-corrected chi connectivity index (χ1v) is 8.57. The predicted octanol–water partition coefficient (Wildman–Crippen LogP) is 2.10. The van der Waals surface area contributed by atoms with Crippen LogP contribution in [0.1, 0.15) is 18.4 Å². The molecular formula is C12H17BrN2O3S. The van der Waals surface area contributed by atoms with E-state index >= 15 is 0 Å². The molecule has 106 valence electrons. The second kappa shape index (κ2) is 6.38. The monoisotopic (exact) mass is 348 g/mol. The average Bonchev–Trinajstić information content (AvgIpc) is 2.23. The fourth-order valence-electron chi connectivity index (χ4n) is 1.57. The molecule has 19 heavy (non-hydrogen) atoms. The van der Waals surface area contributed by atoms with Crippen molar-refractivity contribution in [2.24, 2.45) is 0 Å². The van der Waals surface area contributed by atoms with E-state index in [9.17, 15) is 13.2 Å². The van der Waals surface area contributed by atoms with Crippen LogP contribution in [0.4, 0.5) is 11.4 Å². The van der Waals surface area contributed by atoms with Gasteiger partial charge in [0.15, 0.2) is 0 Å². The highest BCUT2D eigenvalue weighted by molar-refractivity contribution is 9.10. The van der Waals surface area contributed by atoms with Gasteiger partial charge in [0.2, 0.25) is 5.91 Å². The number of nitrogens with two attached hydrogens (primary N) is 1. The fourth-order valence-corrected chi connectivity index (χ4v) is 2.81. The van der Waals surface area contributed by atoms with Crippen molar-refractivity contribution in [2.75, 3.05) is 23.1 Å². The lowest BCUT2D eigenvalue weighted by atomic mass is 10.1. The van der Waals surface area contributed by atoms with Crippen LogP contribution in [0.3, 0.4) is 0 Å². The fraction of sp³-hybridized carbons (Fsp3) is 0.417. The first kappa shape index (κ1) is 16.0. The van der Waals surface area contributed by atoms with E-state index in [1.165, 1.54) is 0 Å². The largest absolute Gasteiger partial charge is 0.397 e. The number of sulfone groups is 1. The molecule has 1 rings (SSSR count). The van der Waals surface area contributed by atoms with Gasteiger partial charge in [0, 0.05) is 17.1 Å². The molecule has 0 unspecified atom stereocenters. The van der Waals surface area contributed by atoms with Gasteiger partial charge in [0.1, 0.15) is 9.84 Å².